The number of pyridine rings is 1. The molecule has 1 amide bonds. The molecule has 0 saturated carbocycles. The zero-order valence-corrected chi connectivity index (χ0v) is 19.4. The largest absolute Gasteiger partial charge is 0.363 e. The number of rotatable bonds is 4. The van der Waals surface area contributed by atoms with E-state index < -0.39 is 0 Å². The van der Waals surface area contributed by atoms with Crippen LogP contribution in [-0.4, -0.2) is 61.5 Å². The van der Waals surface area contributed by atoms with E-state index in [2.05, 4.69) is 41.2 Å². The van der Waals surface area contributed by atoms with Crippen molar-refractivity contribution in [2.24, 2.45) is 0 Å². The summed E-state index contributed by atoms with van der Waals surface area (Å²) < 4.78 is 2.06. The number of nitrogens with zero attached hydrogens (tertiary/aromatic N) is 7. The summed E-state index contributed by atoms with van der Waals surface area (Å²) in [5.41, 5.74) is 3.99. The predicted molar refractivity (Wildman–Crippen MR) is 126 cm³/mol. The minimum atomic E-state index is -0.134. The summed E-state index contributed by atoms with van der Waals surface area (Å²) in [4.78, 5) is 47.5. The molecule has 1 fully saturated rings. The lowest BCUT2D eigenvalue weighted by molar-refractivity contribution is 0.0740. The maximum absolute atomic E-state index is 13.6. The van der Waals surface area contributed by atoms with E-state index in [4.69, 9.17) is 0 Å². The maximum Gasteiger partial charge on any atom is 0.272 e. The normalized spacial score (nSPS) is 13.7. The van der Waals surface area contributed by atoms with Crippen LogP contribution < -0.4 is 10.3 Å². The second kappa shape index (κ2) is 9.36. The Hall–Kier alpha value is -3.80. The van der Waals surface area contributed by atoms with E-state index in [9.17, 15) is 9.59 Å². The SMILES string of the molecule is CC#Cc1cnc2c(n1)c(=O)c(N1CCN(C(=O)c3cc(C)ncn3)CC1)c(CC)n2CC. The Kier molecular flexibility index (Phi) is 6.36. The van der Waals surface area contributed by atoms with E-state index in [0.717, 1.165) is 11.4 Å². The van der Waals surface area contributed by atoms with Gasteiger partial charge in [-0.15, -0.1) is 0 Å². The van der Waals surface area contributed by atoms with Crippen molar-refractivity contribution in [3.05, 3.63) is 51.6 Å². The topological polar surface area (TPSA) is 97.1 Å². The molecule has 1 aliphatic heterocycles. The smallest absolute Gasteiger partial charge is 0.272 e. The van der Waals surface area contributed by atoms with E-state index in [-0.39, 0.29) is 11.3 Å². The average molecular weight is 446 g/mol. The Labute approximate surface area is 192 Å². The summed E-state index contributed by atoms with van der Waals surface area (Å²) in [6.45, 7) is 10.4. The van der Waals surface area contributed by atoms with Crippen molar-refractivity contribution in [1.29, 1.82) is 0 Å². The fourth-order valence-electron chi connectivity index (χ4n) is 4.31. The van der Waals surface area contributed by atoms with Gasteiger partial charge in [0.2, 0.25) is 5.43 Å². The molecule has 3 aromatic rings. The summed E-state index contributed by atoms with van der Waals surface area (Å²) in [7, 11) is 0. The van der Waals surface area contributed by atoms with E-state index in [0.29, 0.717) is 67.4 Å². The fraction of sp³-hybridized carbons (Fsp3) is 0.417. The second-order valence-corrected chi connectivity index (χ2v) is 7.85. The lowest BCUT2D eigenvalue weighted by Gasteiger charge is -2.37. The third kappa shape index (κ3) is 4.16. The Balaban J connectivity index is 1.69. The molecule has 0 atom stereocenters. The molecular formula is C24H27N7O2. The molecule has 0 N–H and O–H groups in total. The molecule has 1 saturated heterocycles. The van der Waals surface area contributed by atoms with E-state index in [1.807, 2.05) is 20.8 Å². The third-order valence-corrected chi connectivity index (χ3v) is 5.85. The van der Waals surface area contributed by atoms with Crippen molar-refractivity contribution in [2.75, 3.05) is 31.1 Å². The average Bonchev–Trinajstić information content (AvgIpc) is 2.84. The molecule has 0 bridgehead atoms. The maximum atomic E-state index is 13.6. The van der Waals surface area contributed by atoms with Gasteiger partial charge in [0.1, 0.15) is 23.4 Å². The van der Waals surface area contributed by atoms with Gasteiger partial charge in [0.05, 0.1) is 6.20 Å². The molecule has 170 valence electrons. The number of hydrogen-bond donors (Lipinski definition) is 0. The number of aromatic nitrogens is 5. The van der Waals surface area contributed by atoms with Crippen molar-refractivity contribution < 1.29 is 4.79 Å². The molecular weight excluding hydrogens is 418 g/mol. The van der Waals surface area contributed by atoms with E-state index in [1.165, 1.54) is 6.33 Å². The van der Waals surface area contributed by atoms with Crippen LogP contribution in [0.1, 0.15) is 48.3 Å². The Morgan fingerprint density at radius 1 is 1.12 bits per heavy atom. The molecule has 9 nitrogen and oxygen atoms in total. The van der Waals surface area contributed by atoms with Crippen molar-refractivity contribution in [2.45, 2.75) is 40.7 Å². The Morgan fingerprint density at radius 2 is 1.88 bits per heavy atom. The van der Waals surface area contributed by atoms with Crippen LogP contribution in [0.3, 0.4) is 0 Å². The standard InChI is InChI=1S/C24H27N7O2/c1-5-8-17-14-25-23-20(28-17)22(32)21(19(6-2)31(23)7-3)29-9-11-30(12-10-29)24(33)18-13-16(4)26-15-27-18/h13-15H,6-7,9-12H2,1-4H3. The van der Waals surface area contributed by atoms with Crippen LogP contribution in [0.25, 0.3) is 11.2 Å². The first kappa shape index (κ1) is 22.4. The number of piperazine rings is 1. The number of amides is 1. The molecule has 4 rings (SSSR count). The van der Waals surface area contributed by atoms with Gasteiger partial charge in [-0.3, -0.25) is 9.59 Å². The Morgan fingerprint density at radius 3 is 2.52 bits per heavy atom. The van der Waals surface area contributed by atoms with Crippen LogP contribution in [0.5, 0.6) is 0 Å². The first-order valence-electron chi connectivity index (χ1n) is 11.2. The van der Waals surface area contributed by atoms with Gasteiger partial charge in [-0.1, -0.05) is 12.8 Å². The van der Waals surface area contributed by atoms with Crippen LogP contribution in [-0.2, 0) is 13.0 Å². The molecule has 0 aromatic carbocycles. The lowest BCUT2D eigenvalue weighted by Crippen LogP contribution is -2.50. The van der Waals surface area contributed by atoms with E-state index in [1.54, 1.807) is 24.1 Å². The molecule has 0 unspecified atom stereocenters. The van der Waals surface area contributed by atoms with E-state index >= 15 is 0 Å². The molecule has 1 aliphatic rings. The highest BCUT2D eigenvalue weighted by molar-refractivity contribution is 5.92. The molecule has 0 radical (unpaired) electrons. The highest BCUT2D eigenvalue weighted by atomic mass is 16.2. The number of hydrogen-bond acceptors (Lipinski definition) is 7. The van der Waals surface area contributed by atoms with Crippen molar-refractivity contribution in [3.8, 4) is 11.8 Å². The highest BCUT2D eigenvalue weighted by Crippen LogP contribution is 2.23. The van der Waals surface area contributed by atoms with Crippen LogP contribution >= 0.6 is 0 Å². The van der Waals surface area contributed by atoms with Crippen molar-refractivity contribution >= 4 is 22.8 Å². The van der Waals surface area contributed by atoms with Crippen LogP contribution in [0.15, 0.2) is 23.4 Å². The first-order chi connectivity index (χ1) is 16.0. The lowest BCUT2D eigenvalue weighted by atomic mass is 10.1. The monoisotopic (exact) mass is 445 g/mol. The summed E-state index contributed by atoms with van der Waals surface area (Å²) in [5.74, 6) is 5.58. The van der Waals surface area contributed by atoms with Gasteiger partial charge in [0.15, 0.2) is 11.2 Å². The molecule has 33 heavy (non-hydrogen) atoms. The van der Waals surface area contributed by atoms with Gasteiger partial charge in [0, 0.05) is 44.1 Å². The zero-order valence-electron chi connectivity index (χ0n) is 19.4. The molecule has 9 heteroatoms. The minimum absolute atomic E-state index is 0.117. The predicted octanol–water partition coefficient (Wildman–Crippen LogP) is 1.81. The summed E-state index contributed by atoms with van der Waals surface area (Å²) >= 11 is 0. The van der Waals surface area contributed by atoms with Crippen LogP contribution in [0.2, 0.25) is 0 Å². The number of carbonyl (C=O) groups is 1. The van der Waals surface area contributed by atoms with Crippen LogP contribution in [0, 0.1) is 18.8 Å². The fourth-order valence-corrected chi connectivity index (χ4v) is 4.31. The molecule has 0 spiro atoms. The molecule has 0 aliphatic carbocycles. The quantitative estimate of drug-likeness (QED) is 0.565. The van der Waals surface area contributed by atoms with Gasteiger partial charge >= 0.3 is 0 Å². The van der Waals surface area contributed by atoms with Gasteiger partial charge < -0.3 is 14.4 Å². The first-order valence-corrected chi connectivity index (χ1v) is 11.2. The molecule has 3 aromatic heterocycles. The zero-order chi connectivity index (χ0) is 23.5. The number of carbonyl (C=O) groups excluding carboxylic acids is 1. The molecule has 4 heterocycles. The number of aryl methyl sites for hydroxylation is 2. The minimum Gasteiger partial charge on any atom is -0.363 e. The van der Waals surface area contributed by atoms with Crippen LogP contribution in [0.4, 0.5) is 5.69 Å². The second-order valence-electron chi connectivity index (χ2n) is 7.85. The summed E-state index contributed by atoms with van der Waals surface area (Å²) in [6, 6.07) is 1.70. The van der Waals surface area contributed by atoms with Gasteiger partial charge in [-0.05, 0) is 39.2 Å². The van der Waals surface area contributed by atoms with Gasteiger partial charge in [0.25, 0.3) is 5.91 Å². The summed E-state index contributed by atoms with van der Waals surface area (Å²) in [6.07, 6.45) is 3.71. The van der Waals surface area contributed by atoms with Gasteiger partial charge in [-0.2, -0.15) is 0 Å². The van der Waals surface area contributed by atoms with Crippen molar-refractivity contribution in [1.82, 2.24) is 29.4 Å². The number of fused-ring (bicyclic) bond motifs is 1. The highest BCUT2D eigenvalue weighted by Gasteiger charge is 2.28. The number of anilines is 1. The van der Waals surface area contributed by atoms with Gasteiger partial charge in [-0.25, -0.2) is 19.9 Å². The summed E-state index contributed by atoms with van der Waals surface area (Å²) in [5, 5.41) is 0. The van der Waals surface area contributed by atoms with Crippen molar-refractivity contribution in [3.63, 3.8) is 0 Å². The third-order valence-electron chi connectivity index (χ3n) is 5.85. The Bertz CT molecular complexity index is 1330.